The molecule has 2 aliphatic rings. The van der Waals surface area contributed by atoms with E-state index in [0.29, 0.717) is 6.42 Å². The van der Waals surface area contributed by atoms with E-state index in [0.717, 1.165) is 55.7 Å². The summed E-state index contributed by atoms with van der Waals surface area (Å²) in [6.07, 6.45) is 7.32. The van der Waals surface area contributed by atoms with Gasteiger partial charge in [0.1, 0.15) is 12.1 Å². The molecule has 13 heteroatoms. The van der Waals surface area contributed by atoms with Crippen molar-refractivity contribution in [3.63, 3.8) is 0 Å². The molecule has 3 aromatic rings. The number of sulfonamides is 1. The van der Waals surface area contributed by atoms with Crippen LogP contribution in [0.1, 0.15) is 49.9 Å². The van der Waals surface area contributed by atoms with Crippen molar-refractivity contribution in [2.75, 3.05) is 18.4 Å². The molecule has 5 rings (SSSR count). The molecule has 2 aromatic carbocycles. The molecular weight excluding hydrogens is 572 g/mol. The van der Waals surface area contributed by atoms with E-state index in [4.69, 9.17) is 4.84 Å². The van der Waals surface area contributed by atoms with Gasteiger partial charge in [0.05, 0.1) is 16.7 Å². The minimum atomic E-state index is -4.15. The Morgan fingerprint density at radius 3 is 2.51 bits per heavy atom. The second-order valence-electron chi connectivity index (χ2n) is 10.9. The van der Waals surface area contributed by atoms with Crippen molar-refractivity contribution in [1.29, 1.82) is 0 Å². The summed E-state index contributed by atoms with van der Waals surface area (Å²) in [4.78, 5) is 38.0. The number of hydroxylamine groups is 1. The highest BCUT2D eigenvalue weighted by Crippen LogP contribution is 2.22. The zero-order valence-electron chi connectivity index (χ0n) is 23.8. The summed E-state index contributed by atoms with van der Waals surface area (Å²) in [7, 11) is -4.15. The molecule has 3 atom stereocenters. The van der Waals surface area contributed by atoms with E-state index in [1.165, 1.54) is 36.4 Å². The number of aromatic nitrogens is 2. The Hall–Kier alpha value is -3.78. The number of hydrogen-bond acceptors (Lipinski definition) is 8. The van der Waals surface area contributed by atoms with Crippen LogP contribution in [0.4, 0.5) is 5.95 Å². The third-order valence-electron chi connectivity index (χ3n) is 7.74. The summed E-state index contributed by atoms with van der Waals surface area (Å²) >= 11 is 0. The molecule has 1 aliphatic heterocycles. The summed E-state index contributed by atoms with van der Waals surface area (Å²) in [5.74, 6) is -1.03. The van der Waals surface area contributed by atoms with E-state index in [9.17, 15) is 23.1 Å². The highest BCUT2D eigenvalue weighted by atomic mass is 32.2. The number of anilines is 1. The lowest BCUT2D eigenvalue weighted by molar-refractivity contribution is -0.139. The SMILES string of the molecule is O=C(O)C(CNC(=O)C1CC(CCCCNc2nc3c([nH]2)CCCC3)ON1)NS(=O)(=O)c1ccc(-c2ccccc2)cc1. The number of rotatable bonds is 14. The van der Waals surface area contributed by atoms with Gasteiger partial charge in [0, 0.05) is 25.2 Å². The topological polar surface area (TPSA) is 175 Å². The molecular formula is C30H38N6O6S. The zero-order valence-corrected chi connectivity index (χ0v) is 24.7. The number of hydrogen-bond donors (Lipinski definition) is 6. The Balaban J connectivity index is 1.03. The van der Waals surface area contributed by atoms with Crippen LogP contribution in [0.3, 0.4) is 0 Å². The number of carbonyl (C=O) groups is 2. The Labute approximate surface area is 251 Å². The molecule has 1 saturated heterocycles. The number of unbranched alkanes of at least 4 members (excludes halogenated alkanes) is 1. The van der Waals surface area contributed by atoms with Crippen molar-refractivity contribution in [3.8, 4) is 11.1 Å². The molecule has 43 heavy (non-hydrogen) atoms. The molecule has 0 saturated carbocycles. The van der Waals surface area contributed by atoms with E-state index in [1.54, 1.807) is 12.1 Å². The fourth-order valence-corrected chi connectivity index (χ4v) is 6.52. The van der Waals surface area contributed by atoms with E-state index in [2.05, 4.69) is 30.8 Å². The minimum absolute atomic E-state index is 0.0723. The number of imidazole rings is 1. The van der Waals surface area contributed by atoms with E-state index in [1.807, 2.05) is 30.3 Å². The maximum atomic E-state index is 12.9. The van der Waals surface area contributed by atoms with Crippen molar-refractivity contribution in [2.45, 2.75) is 74.4 Å². The Kier molecular flexibility index (Phi) is 10.1. The van der Waals surface area contributed by atoms with Gasteiger partial charge in [-0.05, 0) is 68.2 Å². The first-order valence-corrected chi connectivity index (χ1v) is 16.2. The maximum absolute atomic E-state index is 12.9. The van der Waals surface area contributed by atoms with Gasteiger partial charge in [-0.25, -0.2) is 13.4 Å². The van der Waals surface area contributed by atoms with Gasteiger partial charge in [-0.1, -0.05) is 42.5 Å². The number of H-pyrrole nitrogens is 1. The average Bonchev–Trinajstić information content (AvgIpc) is 3.66. The molecule has 230 valence electrons. The van der Waals surface area contributed by atoms with Gasteiger partial charge in [0.15, 0.2) is 0 Å². The predicted molar refractivity (Wildman–Crippen MR) is 161 cm³/mol. The highest BCUT2D eigenvalue weighted by molar-refractivity contribution is 7.89. The van der Waals surface area contributed by atoms with Crippen LogP contribution in [0, 0.1) is 0 Å². The van der Waals surface area contributed by atoms with Crippen LogP contribution in [0.5, 0.6) is 0 Å². The third-order valence-corrected chi connectivity index (χ3v) is 9.23. The monoisotopic (exact) mass is 610 g/mol. The smallest absolute Gasteiger partial charge is 0.323 e. The summed E-state index contributed by atoms with van der Waals surface area (Å²) in [6.45, 7) is 0.361. The lowest BCUT2D eigenvalue weighted by Crippen LogP contribution is -2.51. The van der Waals surface area contributed by atoms with Crippen LogP contribution < -0.4 is 20.8 Å². The number of nitrogens with one attached hydrogen (secondary N) is 5. The first kappa shape index (κ1) is 30.7. The van der Waals surface area contributed by atoms with Gasteiger partial charge in [-0.15, -0.1) is 0 Å². The Bertz CT molecular complexity index is 1470. The minimum Gasteiger partial charge on any atom is -0.480 e. The van der Waals surface area contributed by atoms with Gasteiger partial charge >= 0.3 is 5.97 Å². The lowest BCUT2D eigenvalue weighted by atomic mass is 10.0. The fraction of sp³-hybridized carbons (Fsp3) is 0.433. The lowest BCUT2D eigenvalue weighted by Gasteiger charge is -2.17. The number of carboxylic acid groups (broad SMARTS) is 1. The number of nitrogens with zero attached hydrogens (tertiary/aromatic N) is 1. The standard InChI is InChI=1S/C30H38N6O6S/c37-28(26-18-22(42-35-26)10-6-7-17-31-30-33-24-11-4-5-12-25(24)34-30)32-19-27(29(38)39)36-43(40,41)23-15-13-21(14-16-23)20-8-2-1-3-9-20/h1-3,8-9,13-16,22,26-27,35-36H,4-7,10-12,17-19H2,(H,32,37)(H,38,39)(H2,31,33,34). The quantitative estimate of drug-likeness (QED) is 0.150. The van der Waals surface area contributed by atoms with Crippen molar-refractivity contribution in [2.24, 2.45) is 0 Å². The molecule has 1 aliphatic carbocycles. The number of aromatic amines is 1. The van der Waals surface area contributed by atoms with Gasteiger partial charge in [-0.3, -0.25) is 14.4 Å². The summed E-state index contributed by atoms with van der Waals surface area (Å²) in [5, 5.41) is 15.5. The molecule has 1 fully saturated rings. The normalized spacial score (nSPS) is 19.0. The number of benzene rings is 2. The number of carboxylic acids is 1. The Morgan fingerprint density at radius 2 is 1.77 bits per heavy atom. The van der Waals surface area contributed by atoms with Gasteiger partial charge in [-0.2, -0.15) is 10.2 Å². The molecule has 12 nitrogen and oxygen atoms in total. The molecule has 2 heterocycles. The van der Waals surface area contributed by atoms with E-state index >= 15 is 0 Å². The largest absolute Gasteiger partial charge is 0.480 e. The maximum Gasteiger partial charge on any atom is 0.323 e. The summed E-state index contributed by atoms with van der Waals surface area (Å²) in [5.41, 5.74) is 6.89. The van der Waals surface area contributed by atoms with Gasteiger partial charge in [0.25, 0.3) is 0 Å². The molecule has 0 spiro atoms. The third kappa shape index (κ3) is 8.20. The van der Waals surface area contributed by atoms with Crippen molar-refractivity contribution >= 4 is 27.8 Å². The van der Waals surface area contributed by atoms with Crippen molar-refractivity contribution < 1.29 is 28.0 Å². The van der Waals surface area contributed by atoms with Crippen molar-refractivity contribution in [3.05, 3.63) is 66.0 Å². The Morgan fingerprint density at radius 1 is 1.02 bits per heavy atom. The van der Waals surface area contributed by atoms with Crippen molar-refractivity contribution in [1.82, 2.24) is 25.5 Å². The second-order valence-corrected chi connectivity index (χ2v) is 12.6. The predicted octanol–water partition coefficient (Wildman–Crippen LogP) is 2.75. The van der Waals surface area contributed by atoms with E-state index in [-0.39, 0.29) is 11.0 Å². The van der Waals surface area contributed by atoms with E-state index < -0.39 is 40.5 Å². The van der Waals surface area contributed by atoms with Crippen LogP contribution in [0.25, 0.3) is 11.1 Å². The second kappa shape index (κ2) is 14.1. The molecule has 3 unspecified atom stereocenters. The average molecular weight is 611 g/mol. The number of carbonyl (C=O) groups excluding carboxylic acids is 1. The fourth-order valence-electron chi connectivity index (χ4n) is 5.33. The molecule has 0 bridgehead atoms. The first-order chi connectivity index (χ1) is 20.8. The number of aliphatic carboxylic acids is 1. The molecule has 1 aromatic heterocycles. The summed E-state index contributed by atoms with van der Waals surface area (Å²) in [6, 6.07) is 13.4. The van der Waals surface area contributed by atoms with Crippen LogP contribution in [-0.4, -0.2) is 66.6 Å². The molecule has 1 amide bonds. The van der Waals surface area contributed by atoms with Crippen LogP contribution in [0.2, 0.25) is 0 Å². The number of aryl methyl sites for hydroxylation is 2. The van der Waals surface area contributed by atoms with Gasteiger partial charge in [0.2, 0.25) is 21.9 Å². The zero-order chi connectivity index (χ0) is 30.2. The highest BCUT2D eigenvalue weighted by Gasteiger charge is 2.32. The molecule has 6 N–H and O–H groups in total. The molecule has 0 radical (unpaired) electrons. The number of fused-ring (bicyclic) bond motifs is 1. The van der Waals surface area contributed by atoms with Crippen LogP contribution in [0.15, 0.2) is 59.5 Å². The van der Waals surface area contributed by atoms with Crippen LogP contribution >= 0.6 is 0 Å². The first-order valence-electron chi connectivity index (χ1n) is 14.7. The van der Waals surface area contributed by atoms with Crippen LogP contribution in [-0.2, 0) is 37.3 Å². The van der Waals surface area contributed by atoms with Gasteiger partial charge < -0.3 is 20.7 Å². The summed E-state index contributed by atoms with van der Waals surface area (Å²) < 4.78 is 27.9. The number of amides is 1.